The summed E-state index contributed by atoms with van der Waals surface area (Å²) in [6, 6.07) is 6.63. The van der Waals surface area contributed by atoms with E-state index in [2.05, 4.69) is 41.2 Å². The van der Waals surface area contributed by atoms with E-state index in [-0.39, 0.29) is 5.82 Å². The van der Waals surface area contributed by atoms with E-state index < -0.39 is 0 Å². The molecule has 3 rings (SSSR count). The lowest BCUT2D eigenvalue weighted by atomic mass is 10.0. The first kappa shape index (κ1) is 17.8. The highest BCUT2D eigenvalue weighted by atomic mass is 32.1. The summed E-state index contributed by atoms with van der Waals surface area (Å²) in [6.07, 6.45) is 1.03. The van der Waals surface area contributed by atoms with Crippen LogP contribution in [-0.2, 0) is 0 Å². The SMILES string of the molecule is Cc1nc(NCCCN(C)C)c2c(-c3ccc(F)cc3)c(C)sc2n1. The molecule has 0 fully saturated rings. The molecular formula is C19H23FN4S. The molecular weight excluding hydrogens is 335 g/mol. The number of hydrogen-bond acceptors (Lipinski definition) is 5. The van der Waals surface area contributed by atoms with Crippen molar-refractivity contribution < 1.29 is 4.39 Å². The lowest BCUT2D eigenvalue weighted by Gasteiger charge is -2.12. The van der Waals surface area contributed by atoms with E-state index in [9.17, 15) is 4.39 Å². The van der Waals surface area contributed by atoms with E-state index in [0.29, 0.717) is 0 Å². The van der Waals surface area contributed by atoms with Crippen LogP contribution in [0.25, 0.3) is 21.3 Å². The molecule has 0 aliphatic rings. The number of fused-ring (bicyclic) bond motifs is 1. The van der Waals surface area contributed by atoms with Gasteiger partial charge in [-0.15, -0.1) is 11.3 Å². The molecule has 6 heteroatoms. The Morgan fingerprint density at radius 3 is 2.52 bits per heavy atom. The maximum atomic E-state index is 13.3. The van der Waals surface area contributed by atoms with Crippen LogP contribution in [0.2, 0.25) is 0 Å². The Labute approximate surface area is 151 Å². The standard InChI is InChI=1S/C19H23FN4S/c1-12-16(14-6-8-15(20)9-7-14)17-18(21-10-5-11-24(3)4)22-13(2)23-19(17)25-12/h6-9H,5,10-11H2,1-4H3,(H,21,22,23). The predicted octanol–water partition coefficient (Wildman–Crippen LogP) is 4.48. The van der Waals surface area contributed by atoms with Crippen LogP contribution in [0.5, 0.6) is 0 Å². The van der Waals surface area contributed by atoms with Crippen LogP contribution in [0.3, 0.4) is 0 Å². The number of thiophene rings is 1. The first-order valence-corrected chi connectivity index (χ1v) is 9.19. The zero-order valence-electron chi connectivity index (χ0n) is 15.1. The number of halogens is 1. The molecule has 132 valence electrons. The minimum Gasteiger partial charge on any atom is -0.369 e. The molecule has 1 N–H and O–H groups in total. The Morgan fingerprint density at radius 1 is 1.12 bits per heavy atom. The molecule has 2 aromatic heterocycles. The molecule has 0 unspecified atom stereocenters. The van der Waals surface area contributed by atoms with Crippen molar-refractivity contribution in [2.24, 2.45) is 0 Å². The number of anilines is 1. The quantitative estimate of drug-likeness (QED) is 0.660. The maximum Gasteiger partial charge on any atom is 0.139 e. The molecule has 2 heterocycles. The minimum atomic E-state index is -0.227. The fraction of sp³-hybridized carbons (Fsp3) is 0.368. The van der Waals surface area contributed by atoms with Crippen molar-refractivity contribution in [2.45, 2.75) is 20.3 Å². The van der Waals surface area contributed by atoms with Gasteiger partial charge in [-0.25, -0.2) is 14.4 Å². The Morgan fingerprint density at radius 2 is 1.84 bits per heavy atom. The summed E-state index contributed by atoms with van der Waals surface area (Å²) < 4.78 is 13.3. The average Bonchev–Trinajstić information content (AvgIpc) is 2.88. The van der Waals surface area contributed by atoms with Gasteiger partial charge in [0.25, 0.3) is 0 Å². The number of rotatable bonds is 6. The van der Waals surface area contributed by atoms with Crippen molar-refractivity contribution in [3.05, 3.63) is 40.8 Å². The molecule has 0 spiro atoms. The van der Waals surface area contributed by atoms with Gasteiger partial charge >= 0.3 is 0 Å². The van der Waals surface area contributed by atoms with Gasteiger partial charge in [-0.3, -0.25) is 0 Å². The van der Waals surface area contributed by atoms with Gasteiger partial charge in [0.15, 0.2) is 0 Å². The minimum absolute atomic E-state index is 0.227. The molecule has 1 aromatic carbocycles. The van der Waals surface area contributed by atoms with E-state index in [4.69, 9.17) is 0 Å². The summed E-state index contributed by atoms with van der Waals surface area (Å²) in [6.45, 7) is 5.86. The van der Waals surface area contributed by atoms with Crippen LogP contribution < -0.4 is 5.32 Å². The van der Waals surface area contributed by atoms with E-state index >= 15 is 0 Å². The molecule has 25 heavy (non-hydrogen) atoms. The van der Waals surface area contributed by atoms with Gasteiger partial charge in [-0.05, 0) is 58.6 Å². The van der Waals surface area contributed by atoms with Crippen LogP contribution in [0.1, 0.15) is 17.1 Å². The fourth-order valence-corrected chi connectivity index (χ4v) is 4.00. The molecule has 0 aliphatic heterocycles. The summed E-state index contributed by atoms with van der Waals surface area (Å²) in [5.74, 6) is 1.40. The molecule has 3 aromatic rings. The van der Waals surface area contributed by atoms with Crippen LogP contribution in [0.4, 0.5) is 10.2 Å². The first-order chi connectivity index (χ1) is 12.0. The first-order valence-electron chi connectivity index (χ1n) is 8.38. The normalized spacial score (nSPS) is 11.4. The topological polar surface area (TPSA) is 41.1 Å². The van der Waals surface area contributed by atoms with Crippen molar-refractivity contribution >= 4 is 27.4 Å². The van der Waals surface area contributed by atoms with Gasteiger partial charge in [-0.1, -0.05) is 12.1 Å². The predicted molar refractivity (Wildman–Crippen MR) is 104 cm³/mol. The number of aryl methyl sites for hydroxylation is 2. The number of hydrogen-bond donors (Lipinski definition) is 1. The second kappa shape index (κ2) is 7.45. The zero-order chi connectivity index (χ0) is 18.0. The molecule has 4 nitrogen and oxygen atoms in total. The molecule has 0 amide bonds. The van der Waals surface area contributed by atoms with Crippen molar-refractivity contribution in [2.75, 3.05) is 32.5 Å². The third-order valence-corrected chi connectivity index (χ3v) is 5.05. The molecule has 0 aliphatic carbocycles. The monoisotopic (exact) mass is 358 g/mol. The molecule has 0 atom stereocenters. The summed E-state index contributed by atoms with van der Waals surface area (Å²) in [5.41, 5.74) is 2.09. The third kappa shape index (κ3) is 3.96. The van der Waals surface area contributed by atoms with Crippen LogP contribution in [-0.4, -0.2) is 42.1 Å². The van der Waals surface area contributed by atoms with Crippen molar-refractivity contribution in [3.63, 3.8) is 0 Å². The van der Waals surface area contributed by atoms with Crippen LogP contribution >= 0.6 is 11.3 Å². The van der Waals surface area contributed by atoms with Crippen LogP contribution in [0, 0.1) is 19.7 Å². The molecule has 0 saturated heterocycles. The summed E-state index contributed by atoms with van der Waals surface area (Å²) in [5, 5.41) is 4.51. The number of aromatic nitrogens is 2. The summed E-state index contributed by atoms with van der Waals surface area (Å²) >= 11 is 1.66. The van der Waals surface area contributed by atoms with E-state index in [1.807, 2.05) is 19.1 Å². The number of nitrogens with zero attached hydrogens (tertiary/aromatic N) is 3. The number of benzene rings is 1. The molecule has 0 saturated carbocycles. The van der Waals surface area contributed by atoms with Gasteiger partial charge in [-0.2, -0.15) is 0 Å². The average molecular weight is 358 g/mol. The highest BCUT2D eigenvalue weighted by Crippen LogP contribution is 2.40. The second-order valence-electron chi connectivity index (χ2n) is 6.42. The maximum absolute atomic E-state index is 13.3. The number of nitrogens with one attached hydrogen (secondary N) is 1. The van der Waals surface area contributed by atoms with Crippen molar-refractivity contribution in [3.8, 4) is 11.1 Å². The van der Waals surface area contributed by atoms with Crippen molar-refractivity contribution in [1.29, 1.82) is 0 Å². The molecule has 0 radical (unpaired) electrons. The van der Waals surface area contributed by atoms with Crippen molar-refractivity contribution in [1.82, 2.24) is 14.9 Å². The van der Waals surface area contributed by atoms with E-state index in [1.165, 1.54) is 12.1 Å². The smallest absolute Gasteiger partial charge is 0.139 e. The van der Waals surface area contributed by atoms with Gasteiger partial charge in [0.05, 0.1) is 5.39 Å². The lowest BCUT2D eigenvalue weighted by molar-refractivity contribution is 0.405. The van der Waals surface area contributed by atoms with Gasteiger partial charge in [0.2, 0.25) is 0 Å². The van der Waals surface area contributed by atoms with Gasteiger partial charge in [0.1, 0.15) is 22.3 Å². The third-order valence-electron chi connectivity index (χ3n) is 4.05. The highest BCUT2D eigenvalue weighted by Gasteiger charge is 2.17. The summed E-state index contributed by atoms with van der Waals surface area (Å²) in [7, 11) is 4.14. The van der Waals surface area contributed by atoms with Gasteiger partial charge < -0.3 is 10.2 Å². The fourth-order valence-electron chi connectivity index (χ4n) is 2.91. The Kier molecular flexibility index (Phi) is 5.30. The molecule has 0 bridgehead atoms. The lowest BCUT2D eigenvalue weighted by Crippen LogP contribution is -2.16. The Balaban J connectivity index is 2.02. The van der Waals surface area contributed by atoms with E-state index in [0.717, 1.165) is 57.4 Å². The van der Waals surface area contributed by atoms with E-state index in [1.54, 1.807) is 11.3 Å². The Bertz CT molecular complexity index is 871. The zero-order valence-corrected chi connectivity index (χ0v) is 15.9. The second-order valence-corrected chi connectivity index (χ2v) is 7.63. The summed E-state index contributed by atoms with van der Waals surface area (Å²) in [4.78, 5) is 13.5. The highest BCUT2D eigenvalue weighted by molar-refractivity contribution is 7.19. The van der Waals surface area contributed by atoms with Crippen LogP contribution in [0.15, 0.2) is 24.3 Å². The Hall–Kier alpha value is -2.05. The van der Waals surface area contributed by atoms with Gasteiger partial charge in [0, 0.05) is 17.0 Å². The largest absolute Gasteiger partial charge is 0.369 e.